The number of benzene rings is 1. The van der Waals surface area contributed by atoms with Gasteiger partial charge < -0.3 is 19.5 Å². The van der Waals surface area contributed by atoms with Crippen molar-refractivity contribution in [2.24, 2.45) is 0 Å². The molecular formula is C13H13BrF3NO5. The second-order valence-corrected chi connectivity index (χ2v) is 4.96. The fourth-order valence-corrected chi connectivity index (χ4v) is 2.00. The maximum atomic E-state index is 11.9. The summed E-state index contributed by atoms with van der Waals surface area (Å²) in [6, 6.07) is 2.67. The molecule has 0 aliphatic rings. The molecule has 10 heteroatoms. The van der Waals surface area contributed by atoms with Crippen molar-refractivity contribution in [1.82, 2.24) is 5.32 Å². The van der Waals surface area contributed by atoms with Crippen molar-refractivity contribution >= 4 is 27.8 Å². The van der Waals surface area contributed by atoms with E-state index in [0.29, 0.717) is 4.47 Å². The number of ether oxygens (including phenoxy) is 3. The monoisotopic (exact) mass is 399 g/mol. The predicted molar refractivity (Wildman–Crippen MR) is 76.6 cm³/mol. The molecule has 0 heterocycles. The molecule has 1 aromatic carbocycles. The van der Waals surface area contributed by atoms with E-state index in [0.717, 1.165) is 0 Å². The maximum Gasteiger partial charge on any atom is 0.405 e. The summed E-state index contributed by atoms with van der Waals surface area (Å²) in [7, 11) is 2.75. The van der Waals surface area contributed by atoms with Crippen LogP contribution in [0.5, 0.6) is 11.5 Å². The van der Waals surface area contributed by atoms with Crippen LogP contribution in [0.3, 0.4) is 0 Å². The minimum atomic E-state index is -4.54. The topological polar surface area (TPSA) is 73.9 Å². The fourth-order valence-electron chi connectivity index (χ4n) is 1.45. The van der Waals surface area contributed by atoms with Crippen LogP contribution in [0.4, 0.5) is 13.2 Å². The van der Waals surface area contributed by atoms with Gasteiger partial charge in [0, 0.05) is 0 Å². The van der Waals surface area contributed by atoms with Crippen molar-refractivity contribution in [1.29, 1.82) is 0 Å². The number of amides is 1. The lowest BCUT2D eigenvalue weighted by atomic mass is 10.2. The molecule has 23 heavy (non-hydrogen) atoms. The average molecular weight is 400 g/mol. The summed E-state index contributed by atoms with van der Waals surface area (Å²) in [5.41, 5.74) is 0.0190. The number of carbonyl (C=O) groups is 2. The number of nitrogens with one attached hydrogen (secondary N) is 1. The van der Waals surface area contributed by atoms with Crippen molar-refractivity contribution in [2.75, 3.05) is 27.4 Å². The molecule has 0 radical (unpaired) electrons. The molecule has 6 nitrogen and oxygen atoms in total. The van der Waals surface area contributed by atoms with Gasteiger partial charge in [-0.1, -0.05) is 0 Å². The van der Waals surface area contributed by atoms with Gasteiger partial charge in [-0.25, -0.2) is 4.79 Å². The highest BCUT2D eigenvalue weighted by atomic mass is 79.9. The van der Waals surface area contributed by atoms with Gasteiger partial charge >= 0.3 is 12.1 Å². The van der Waals surface area contributed by atoms with E-state index in [9.17, 15) is 22.8 Å². The first-order valence-corrected chi connectivity index (χ1v) is 6.89. The molecule has 1 rings (SSSR count). The summed E-state index contributed by atoms with van der Waals surface area (Å²) in [5, 5.41) is 1.59. The van der Waals surface area contributed by atoms with E-state index in [2.05, 4.69) is 20.7 Å². The van der Waals surface area contributed by atoms with E-state index >= 15 is 0 Å². The van der Waals surface area contributed by atoms with Crippen LogP contribution >= 0.6 is 15.9 Å². The van der Waals surface area contributed by atoms with Gasteiger partial charge in [-0.2, -0.15) is 13.2 Å². The van der Waals surface area contributed by atoms with Gasteiger partial charge in [0.05, 0.1) is 19.8 Å². The third-order valence-corrected chi connectivity index (χ3v) is 3.28. The van der Waals surface area contributed by atoms with Crippen LogP contribution in [0.1, 0.15) is 10.4 Å². The number of carbonyl (C=O) groups excluding carboxylic acids is 2. The quantitative estimate of drug-likeness (QED) is 0.743. The highest BCUT2D eigenvalue weighted by molar-refractivity contribution is 9.10. The first-order valence-electron chi connectivity index (χ1n) is 6.10. The molecule has 0 bridgehead atoms. The van der Waals surface area contributed by atoms with E-state index in [4.69, 9.17) is 9.47 Å². The van der Waals surface area contributed by atoms with Crippen molar-refractivity contribution in [2.45, 2.75) is 6.18 Å². The van der Waals surface area contributed by atoms with Crippen LogP contribution in [0, 0.1) is 0 Å². The van der Waals surface area contributed by atoms with Crippen LogP contribution in [-0.4, -0.2) is 45.4 Å². The van der Waals surface area contributed by atoms with Gasteiger partial charge in [0.1, 0.15) is 22.5 Å². The third kappa shape index (κ3) is 5.97. The van der Waals surface area contributed by atoms with Gasteiger partial charge in [0.15, 0.2) is 6.61 Å². The minimum absolute atomic E-state index is 0.0190. The Morgan fingerprint density at radius 3 is 2.13 bits per heavy atom. The molecule has 128 valence electrons. The molecule has 1 N–H and O–H groups in total. The Labute approximate surface area is 138 Å². The predicted octanol–water partition coefficient (Wildman–Crippen LogP) is 2.30. The second kappa shape index (κ2) is 8.04. The standard InChI is InChI=1S/C13H13BrF3NO5/c1-21-8-3-7(4-9(22-2)11(8)14)12(20)23-5-10(19)18-6-13(15,16)17/h3-4H,5-6H2,1-2H3,(H,18,19). The number of esters is 1. The van der Waals surface area contributed by atoms with E-state index in [1.807, 2.05) is 0 Å². The van der Waals surface area contributed by atoms with E-state index in [1.165, 1.54) is 26.4 Å². The van der Waals surface area contributed by atoms with Gasteiger partial charge in [0.2, 0.25) is 0 Å². The Balaban J connectivity index is 2.70. The Kier molecular flexibility index (Phi) is 6.67. The molecule has 0 saturated carbocycles. The molecule has 0 spiro atoms. The first kappa shape index (κ1) is 19.1. The van der Waals surface area contributed by atoms with Crippen LogP contribution in [0.25, 0.3) is 0 Å². The number of rotatable bonds is 6. The summed E-state index contributed by atoms with van der Waals surface area (Å²) in [6.45, 7) is -2.33. The number of methoxy groups -OCH3 is 2. The normalized spacial score (nSPS) is 10.9. The zero-order valence-electron chi connectivity index (χ0n) is 12.1. The van der Waals surface area contributed by atoms with Crippen molar-refractivity contribution in [3.05, 3.63) is 22.2 Å². The SMILES string of the molecule is COc1cc(C(=O)OCC(=O)NCC(F)(F)F)cc(OC)c1Br. The van der Waals surface area contributed by atoms with Crippen molar-refractivity contribution in [3.8, 4) is 11.5 Å². The molecular weight excluding hydrogens is 387 g/mol. The van der Waals surface area contributed by atoms with Crippen LogP contribution in [0.15, 0.2) is 16.6 Å². The van der Waals surface area contributed by atoms with Gasteiger partial charge in [-0.05, 0) is 28.1 Å². The Morgan fingerprint density at radius 2 is 1.70 bits per heavy atom. The molecule has 0 aliphatic carbocycles. The third-order valence-electron chi connectivity index (χ3n) is 2.50. The molecule has 1 amide bonds. The highest BCUT2D eigenvalue weighted by Gasteiger charge is 2.28. The first-order chi connectivity index (χ1) is 10.7. The molecule has 0 unspecified atom stereocenters. The van der Waals surface area contributed by atoms with Crippen molar-refractivity contribution in [3.63, 3.8) is 0 Å². The molecule has 0 aromatic heterocycles. The van der Waals surface area contributed by atoms with Gasteiger partial charge in [0.25, 0.3) is 5.91 Å². The van der Waals surface area contributed by atoms with Gasteiger partial charge in [-0.3, -0.25) is 4.79 Å². The molecule has 0 saturated heterocycles. The summed E-state index contributed by atoms with van der Waals surface area (Å²) in [6.07, 6.45) is -4.54. The lowest BCUT2D eigenvalue weighted by Crippen LogP contribution is -2.36. The maximum absolute atomic E-state index is 11.9. The molecule has 0 aliphatic heterocycles. The Bertz CT molecular complexity index is 566. The van der Waals surface area contributed by atoms with E-state index in [1.54, 1.807) is 5.32 Å². The summed E-state index contributed by atoms with van der Waals surface area (Å²) in [4.78, 5) is 23.0. The zero-order valence-corrected chi connectivity index (χ0v) is 13.7. The smallest absolute Gasteiger partial charge is 0.405 e. The summed E-state index contributed by atoms with van der Waals surface area (Å²) >= 11 is 3.21. The highest BCUT2D eigenvalue weighted by Crippen LogP contribution is 2.35. The van der Waals surface area contributed by atoms with Crippen LogP contribution in [0.2, 0.25) is 0 Å². The van der Waals surface area contributed by atoms with E-state index < -0.39 is 31.2 Å². The van der Waals surface area contributed by atoms with Crippen LogP contribution < -0.4 is 14.8 Å². The largest absolute Gasteiger partial charge is 0.495 e. The number of hydrogen-bond acceptors (Lipinski definition) is 5. The minimum Gasteiger partial charge on any atom is -0.495 e. The molecule has 1 aromatic rings. The Morgan fingerprint density at radius 1 is 1.17 bits per heavy atom. The molecule has 0 fully saturated rings. The van der Waals surface area contributed by atoms with Crippen LogP contribution in [-0.2, 0) is 9.53 Å². The van der Waals surface area contributed by atoms with E-state index in [-0.39, 0.29) is 17.1 Å². The Hall–Kier alpha value is -1.97. The van der Waals surface area contributed by atoms with Crippen molar-refractivity contribution < 1.29 is 37.0 Å². The lowest BCUT2D eigenvalue weighted by molar-refractivity contribution is -0.140. The fraction of sp³-hybridized carbons (Fsp3) is 0.385. The number of halogens is 4. The second-order valence-electron chi connectivity index (χ2n) is 4.16. The number of hydrogen-bond donors (Lipinski definition) is 1. The average Bonchev–Trinajstić information content (AvgIpc) is 2.50. The molecule has 0 atom stereocenters. The lowest BCUT2D eigenvalue weighted by Gasteiger charge is -2.12. The summed E-state index contributed by atoms with van der Waals surface area (Å²) in [5.74, 6) is -1.39. The number of alkyl halides is 3. The zero-order chi connectivity index (χ0) is 17.6. The van der Waals surface area contributed by atoms with Gasteiger partial charge in [-0.15, -0.1) is 0 Å². The summed E-state index contributed by atoms with van der Waals surface area (Å²) < 4.78 is 51.0.